The van der Waals surface area contributed by atoms with Crippen molar-refractivity contribution in [3.05, 3.63) is 54.5 Å². The number of hydrogen-bond acceptors (Lipinski definition) is 4. The number of aromatic amines is 1. The fourth-order valence-corrected chi connectivity index (χ4v) is 2.23. The molecule has 1 saturated heterocycles. The Balaban J connectivity index is 1.55. The van der Waals surface area contributed by atoms with Crippen LogP contribution in [0, 0.1) is 0 Å². The molecule has 2 aromatic rings. The molecule has 3 rings (SSSR count). The fraction of sp³-hybridized carbons (Fsp3) is 0.267. The van der Waals surface area contributed by atoms with Crippen molar-refractivity contribution in [1.82, 2.24) is 9.99 Å². The van der Waals surface area contributed by atoms with Gasteiger partial charge in [-0.15, -0.1) is 0 Å². The fourth-order valence-electron chi connectivity index (χ4n) is 2.23. The van der Waals surface area contributed by atoms with E-state index < -0.39 is 0 Å². The second kappa shape index (κ2) is 6.14. The molecule has 0 atom stereocenters. The third-order valence-corrected chi connectivity index (χ3v) is 3.37. The van der Waals surface area contributed by atoms with Crippen LogP contribution in [-0.4, -0.2) is 42.4 Å². The minimum atomic E-state index is 0.935. The molecule has 0 saturated carbocycles. The average Bonchev–Trinajstić information content (AvgIpc) is 2.55. The van der Waals surface area contributed by atoms with Crippen LogP contribution >= 0.6 is 0 Å². The Morgan fingerprint density at radius 3 is 2.55 bits per heavy atom. The molecule has 2 aromatic heterocycles. The smallest absolute Gasteiger partial charge is 0.274 e. The van der Waals surface area contributed by atoms with Crippen LogP contribution in [0.4, 0.5) is 5.82 Å². The average molecular weight is 268 g/mol. The van der Waals surface area contributed by atoms with Gasteiger partial charge in [0.05, 0.1) is 25.5 Å². The summed E-state index contributed by atoms with van der Waals surface area (Å²) in [6.07, 6.45) is 7.42. The Morgan fingerprint density at radius 1 is 1.05 bits per heavy atom. The van der Waals surface area contributed by atoms with Crippen LogP contribution in [0.5, 0.6) is 0 Å². The van der Waals surface area contributed by atoms with E-state index in [0.717, 1.165) is 31.7 Å². The lowest BCUT2D eigenvalue weighted by molar-refractivity contribution is -0.364. The summed E-state index contributed by atoms with van der Waals surface area (Å²) in [5.74, 6) is 1.17. The van der Waals surface area contributed by atoms with Crippen LogP contribution in [0.25, 0.3) is 0 Å². The molecule has 5 nitrogen and oxygen atoms in total. The lowest BCUT2D eigenvalue weighted by Gasteiger charge is -2.28. The highest BCUT2D eigenvalue weighted by atomic mass is 15.5. The van der Waals surface area contributed by atoms with Crippen molar-refractivity contribution in [1.29, 1.82) is 0 Å². The predicted molar refractivity (Wildman–Crippen MR) is 78.6 cm³/mol. The third-order valence-electron chi connectivity index (χ3n) is 3.37. The van der Waals surface area contributed by atoms with Crippen molar-refractivity contribution in [3.8, 4) is 0 Å². The van der Waals surface area contributed by atoms with E-state index >= 15 is 0 Å². The van der Waals surface area contributed by atoms with E-state index in [2.05, 4.69) is 37.1 Å². The minimum absolute atomic E-state index is 0.935. The molecule has 1 fully saturated rings. The van der Waals surface area contributed by atoms with Crippen LogP contribution in [0.2, 0.25) is 0 Å². The highest BCUT2D eigenvalue weighted by Crippen LogP contribution is 2.09. The second-order valence-corrected chi connectivity index (χ2v) is 4.71. The lowest BCUT2D eigenvalue weighted by atomic mass is 10.3. The molecule has 0 amide bonds. The number of pyridine rings is 2. The van der Waals surface area contributed by atoms with Crippen LogP contribution in [0.15, 0.2) is 54.0 Å². The number of anilines is 1. The van der Waals surface area contributed by atoms with E-state index in [-0.39, 0.29) is 0 Å². The normalized spacial score (nSPS) is 15.8. The van der Waals surface area contributed by atoms with Crippen LogP contribution in [-0.2, 0) is 0 Å². The van der Waals surface area contributed by atoms with Gasteiger partial charge in [-0.2, -0.15) is 5.10 Å². The Kier molecular flexibility index (Phi) is 3.87. The Labute approximate surface area is 118 Å². The maximum absolute atomic E-state index is 4.53. The van der Waals surface area contributed by atoms with Gasteiger partial charge >= 0.3 is 0 Å². The van der Waals surface area contributed by atoms with Gasteiger partial charge in [0.2, 0.25) is 0 Å². The minimum Gasteiger partial charge on any atom is -0.289 e. The molecule has 0 radical (unpaired) electrons. The molecule has 0 unspecified atom stereocenters. The van der Waals surface area contributed by atoms with Crippen LogP contribution in [0.1, 0.15) is 5.56 Å². The van der Waals surface area contributed by atoms with Crippen molar-refractivity contribution in [3.63, 3.8) is 0 Å². The maximum Gasteiger partial charge on any atom is 0.274 e. The monoisotopic (exact) mass is 268 g/mol. The molecule has 5 heteroatoms. The molecule has 0 bridgehead atoms. The number of rotatable bonds is 3. The zero-order valence-corrected chi connectivity index (χ0v) is 11.3. The van der Waals surface area contributed by atoms with Gasteiger partial charge in [0, 0.05) is 18.5 Å². The molecule has 3 heterocycles. The number of nitrogens with zero attached hydrogens (tertiary/aromatic N) is 4. The Hall–Kier alpha value is -2.43. The van der Waals surface area contributed by atoms with Gasteiger partial charge in [0.25, 0.3) is 5.82 Å². The molecule has 20 heavy (non-hydrogen) atoms. The van der Waals surface area contributed by atoms with Gasteiger partial charge in [-0.3, -0.25) is 14.9 Å². The van der Waals surface area contributed by atoms with Gasteiger partial charge in [0.15, 0.2) is 0 Å². The van der Waals surface area contributed by atoms with Crippen molar-refractivity contribution >= 4 is 12.0 Å². The Morgan fingerprint density at radius 2 is 1.85 bits per heavy atom. The summed E-state index contributed by atoms with van der Waals surface area (Å²) in [5.41, 5.74) is 1.08. The number of H-pyrrole nitrogens is 1. The largest absolute Gasteiger partial charge is 0.289 e. The summed E-state index contributed by atoms with van der Waals surface area (Å²) in [4.78, 5) is 9.62. The number of aromatic nitrogens is 2. The summed E-state index contributed by atoms with van der Waals surface area (Å²) < 4.78 is 0. The first-order valence-electron chi connectivity index (χ1n) is 6.82. The molecule has 1 aliphatic heterocycles. The first-order chi connectivity index (χ1) is 9.92. The maximum atomic E-state index is 4.53. The van der Waals surface area contributed by atoms with E-state index in [1.54, 1.807) is 12.4 Å². The second-order valence-electron chi connectivity index (χ2n) is 4.71. The van der Waals surface area contributed by atoms with Crippen molar-refractivity contribution < 1.29 is 4.98 Å². The highest BCUT2D eigenvalue weighted by molar-refractivity contribution is 5.78. The molecular formula is C15H18N5+. The zero-order valence-electron chi connectivity index (χ0n) is 11.3. The van der Waals surface area contributed by atoms with Crippen molar-refractivity contribution in [2.75, 3.05) is 31.1 Å². The van der Waals surface area contributed by atoms with Gasteiger partial charge < -0.3 is 0 Å². The Bertz CT molecular complexity index is 547. The van der Waals surface area contributed by atoms with Gasteiger partial charge in [-0.1, -0.05) is 6.07 Å². The van der Waals surface area contributed by atoms with Crippen molar-refractivity contribution in [2.24, 2.45) is 5.10 Å². The zero-order chi connectivity index (χ0) is 13.6. The van der Waals surface area contributed by atoms with Crippen LogP contribution in [0.3, 0.4) is 0 Å². The van der Waals surface area contributed by atoms with Crippen LogP contribution < -0.4 is 9.88 Å². The van der Waals surface area contributed by atoms with Gasteiger partial charge in [-0.25, -0.2) is 4.98 Å². The molecule has 0 aliphatic carbocycles. The first kappa shape index (κ1) is 12.6. The predicted octanol–water partition coefficient (Wildman–Crippen LogP) is 1.05. The quantitative estimate of drug-likeness (QED) is 0.782. The molecule has 0 aromatic carbocycles. The molecule has 1 aliphatic rings. The molecule has 102 valence electrons. The van der Waals surface area contributed by atoms with E-state index in [1.807, 2.05) is 30.6 Å². The number of piperazine rings is 1. The summed E-state index contributed by atoms with van der Waals surface area (Å²) in [5, 5.41) is 6.64. The van der Waals surface area contributed by atoms with E-state index in [4.69, 9.17) is 0 Å². The van der Waals surface area contributed by atoms with E-state index in [9.17, 15) is 0 Å². The standard InChI is InChI=1S/C15H17N5/c1-2-6-17-15(3-1)19-9-11-20(12-10-19)18-13-14-4-7-16-8-5-14/h1-8,13H,9-12H2/p+1. The van der Waals surface area contributed by atoms with E-state index in [0.29, 0.717) is 0 Å². The van der Waals surface area contributed by atoms with Gasteiger partial charge in [-0.05, 0) is 23.8 Å². The third kappa shape index (κ3) is 3.12. The highest BCUT2D eigenvalue weighted by Gasteiger charge is 2.21. The molecular weight excluding hydrogens is 250 g/mol. The first-order valence-corrected chi connectivity index (χ1v) is 6.82. The van der Waals surface area contributed by atoms with Gasteiger partial charge in [0.1, 0.15) is 13.1 Å². The van der Waals surface area contributed by atoms with Crippen molar-refractivity contribution in [2.45, 2.75) is 0 Å². The summed E-state index contributed by atoms with van der Waals surface area (Å²) in [7, 11) is 0. The molecule has 0 spiro atoms. The SMILES string of the molecule is C(=NN1CCN(c2cccc[nH+]2)CC1)c1ccncc1. The summed E-state index contributed by atoms with van der Waals surface area (Å²) >= 11 is 0. The number of hydrogen-bond donors (Lipinski definition) is 0. The molecule has 1 N–H and O–H groups in total. The summed E-state index contributed by atoms with van der Waals surface area (Å²) in [6.45, 7) is 3.83. The van der Waals surface area contributed by atoms with E-state index in [1.165, 1.54) is 5.82 Å². The summed E-state index contributed by atoms with van der Waals surface area (Å²) in [6, 6.07) is 10.1. The number of nitrogens with one attached hydrogen (secondary N) is 1. The lowest BCUT2D eigenvalue weighted by Crippen LogP contribution is -2.45. The topological polar surface area (TPSA) is 45.9 Å². The number of hydrazone groups is 1.